The number of carbonyl (C=O) groups is 1. The Morgan fingerprint density at radius 3 is 2.47 bits per heavy atom. The predicted molar refractivity (Wildman–Crippen MR) is 57.8 cm³/mol. The molecule has 0 aliphatic heterocycles. The van der Waals surface area contributed by atoms with Crippen molar-refractivity contribution in [3.05, 3.63) is 45.5 Å². The van der Waals surface area contributed by atoms with E-state index in [1.165, 1.54) is 12.1 Å². The van der Waals surface area contributed by atoms with E-state index in [0.29, 0.717) is 0 Å². The van der Waals surface area contributed by atoms with Gasteiger partial charge in [0.1, 0.15) is 0 Å². The van der Waals surface area contributed by atoms with E-state index < -0.39 is 11.6 Å². The molecule has 0 radical (unpaired) electrons. The fraction of sp³-hybridized carbons (Fsp3) is 0.182. The molecule has 0 unspecified atom stereocenters. The van der Waals surface area contributed by atoms with Crippen LogP contribution in [0.5, 0.6) is 0 Å². The van der Waals surface area contributed by atoms with Gasteiger partial charge in [-0.25, -0.2) is 8.78 Å². The minimum atomic E-state index is -1.04. The Kier molecular flexibility index (Phi) is 3.74. The number of benzene rings is 1. The summed E-state index contributed by atoms with van der Waals surface area (Å²) in [4.78, 5) is 11.5. The van der Waals surface area contributed by atoms with Crippen molar-refractivity contribution in [3.63, 3.8) is 0 Å². The van der Waals surface area contributed by atoms with E-state index in [9.17, 15) is 13.6 Å². The summed E-state index contributed by atoms with van der Waals surface area (Å²) in [5.74, 6) is -2.36. The molecule has 0 atom stereocenters. The lowest BCUT2D eigenvalue weighted by molar-refractivity contribution is 0.104. The second kappa shape index (κ2) is 4.66. The third-order valence-corrected chi connectivity index (χ3v) is 2.50. The maximum Gasteiger partial charge on any atom is 0.187 e. The minimum absolute atomic E-state index is 0.120. The van der Waals surface area contributed by atoms with E-state index in [-0.39, 0.29) is 15.8 Å². The van der Waals surface area contributed by atoms with E-state index in [2.05, 4.69) is 15.9 Å². The highest BCUT2D eigenvalue weighted by Crippen LogP contribution is 2.23. The Bertz CT molecular complexity index is 434. The molecule has 0 aliphatic carbocycles. The van der Waals surface area contributed by atoms with Crippen molar-refractivity contribution in [1.29, 1.82) is 0 Å². The monoisotopic (exact) mass is 274 g/mol. The first kappa shape index (κ1) is 12.0. The average Bonchev–Trinajstić information content (AvgIpc) is 2.13. The number of carbonyl (C=O) groups excluding carboxylic acids is 1. The van der Waals surface area contributed by atoms with Crippen LogP contribution < -0.4 is 0 Å². The lowest BCUT2D eigenvalue weighted by atomic mass is 10.1. The summed E-state index contributed by atoms with van der Waals surface area (Å²) < 4.78 is 25.7. The molecule has 0 spiro atoms. The molecule has 1 rings (SSSR count). The van der Waals surface area contributed by atoms with Crippen LogP contribution in [0.1, 0.15) is 24.2 Å². The van der Waals surface area contributed by atoms with Gasteiger partial charge >= 0.3 is 0 Å². The van der Waals surface area contributed by atoms with Gasteiger partial charge in [0.05, 0.1) is 4.47 Å². The quantitative estimate of drug-likeness (QED) is 0.455. The zero-order chi connectivity index (χ0) is 11.6. The lowest BCUT2D eigenvalue weighted by Crippen LogP contribution is -2.00. The van der Waals surface area contributed by atoms with Crippen LogP contribution >= 0.6 is 15.9 Å². The molecule has 0 saturated heterocycles. The number of hydrogen-bond acceptors (Lipinski definition) is 1. The fourth-order valence-corrected chi connectivity index (χ4v) is 1.57. The third-order valence-electron chi connectivity index (χ3n) is 1.72. The molecule has 1 aromatic rings. The van der Waals surface area contributed by atoms with Crippen molar-refractivity contribution in [2.45, 2.75) is 13.8 Å². The molecule has 0 bridgehead atoms. The van der Waals surface area contributed by atoms with Crippen LogP contribution in [-0.2, 0) is 0 Å². The summed E-state index contributed by atoms with van der Waals surface area (Å²) in [5, 5.41) is 0. The molecule has 15 heavy (non-hydrogen) atoms. The number of hydrogen-bond donors (Lipinski definition) is 0. The zero-order valence-corrected chi connectivity index (χ0v) is 9.86. The van der Waals surface area contributed by atoms with E-state index in [0.717, 1.165) is 11.6 Å². The van der Waals surface area contributed by atoms with Gasteiger partial charge in [0.25, 0.3) is 0 Å². The standard InChI is InChI=1S/C11H9BrF2O/c1-6(2)5-9(15)7-3-4-8(13)11(14)10(7)12/h3-5H,1-2H3. The Balaban J connectivity index is 3.23. The van der Waals surface area contributed by atoms with Gasteiger partial charge in [0, 0.05) is 5.56 Å². The average molecular weight is 275 g/mol. The van der Waals surface area contributed by atoms with Gasteiger partial charge in [-0.1, -0.05) is 5.57 Å². The van der Waals surface area contributed by atoms with Crippen LogP contribution in [0, 0.1) is 11.6 Å². The van der Waals surface area contributed by atoms with Gasteiger partial charge in [-0.05, 0) is 48.0 Å². The smallest absolute Gasteiger partial charge is 0.187 e. The summed E-state index contributed by atoms with van der Waals surface area (Å²) in [6.07, 6.45) is 1.37. The summed E-state index contributed by atoms with van der Waals surface area (Å²) in [7, 11) is 0. The maximum absolute atomic E-state index is 13.1. The molecule has 80 valence electrons. The summed E-state index contributed by atoms with van der Waals surface area (Å²) in [6.45, 7) is 3.51. The molecular weight excluding hydrogens is 266 g/mol. The molecule has 4 heteroatoms. The first-order valence-electron chi connectivity index (χ1n) is 4.26. The highest BCUT2D eigenvalue weighted by Gasteiger charge is 2.14. The maximum atomic E-state index is 13.1. The van der Waals surface area contributed by atoms with E-state index in [1.807, 2.05) is 0 Å². The topological polar surface area (TPSA) is 17.1 Å². The highest BCUT2D eigenvalue weighted by molar-refractivity contribution is 9.10. The number of allylic oxidation sites excluding steroid dienone is 2. The van der Waals surface area contributed by atoms with Crippen molar-refractivity contribution < 1.29 is 13.6 Å². The molecule has 0 fully saturated rings. The summed E-state index contributed by atoms with van der Waals surface area (Å²) in [5.41, 5.74) is 0.923. The molecule has 0 heterocycles. The highest BCUT2D eigenvalue weighted by atomic mass is 79.9. The van der Waals surface area contributed by atoms with Crippen LogP contribution in [0.3, 0.4) is 0 Å². The number of ketones is 1. The fourth-order valence-electron chi connectivity index (χ4n) is 1.06. The van der Waals surface area contributed by atoms with Crippen LogP contribution in [0.15, 0.2) is 28.3 Å². The molecule has 0 aliphatic rings. The summed E-state index contributed by atoms with van der Waals surface area (Å²) >= 11 is 2.86. The van der Waals surface area contributed by atoms with E-state index >= 15 is 0 Å². The number of halogens is 3. The van der Waals surface area contributed by atoms with Crippen molar-refractivity contribution in [1.82, 2.24) is 0 Å². The van der Waals surface area contributed by atoms with Gasteiger partial charge in [0.2, 0.25) is 0 Å². The molecule has 1 nitrogen and oxygen atoms in total. The lowest BCUT2D eigenvalue weighted by Gasteiger charge is -2.02. The second-order valence-electron chi connectivity index (χ2n) is 3.31. The molecule has 0 aromatic heterocycles. The zero-order valence-electron chi connectivity index (χ0n) is 8.27. The minimum Gasteiger partial charge on any atom is -0.289 e. The van der Waals surface area contributed by atoms with Gasteiger partial charge in [-0.2, -0.15) is 0 Å². The van der Waals surface area contributed by atoms with E-state index in [1.54, 1.807) is 13.8 Å². The SMILES string of the molecule is CC(C)=CC(=O)c1ccc(F)c(F)c1Br. The molecule has 1 aromatic carbocycles. The van der Waals surface area contributed by atoms with E-state index in [4.69, 9.17) is 0 Å². The van der Waals surface area contributed by atoms with Gasteiger partial charge < -0.3 is 0 Å². The van der Waals surface area contributed by atoms with Gasteiger partial charge in [-0.3, -0.25) is 4.79 Å². The van der Waals surface area contributed by atoms with Crippen molar-refractivity contribution in [2.75, 3.05) is 0 Å². The Hall–Kier alpha value is -1.03. The normalized spacial score (nSPS) is 9.93. The Labute approximate surface area is 94.9 Å². The third kappa shape index (κ3) is 2.72. The molecule has 0 N–H and O–H groups in total. The largest absolute Gasteiger partial charge is 0.289 e. The molecule has 0 amide bonds. The van der Waals surface area contributed by atoms with Crippen molar-refractivity contribution >= 4 is 21.7 Å². The van der Waals surface area contributed by atoms with Crippen LogP contribution in [-0.4, -0.2) is 5.78 Å². The number of rotatable bonds is 2. The van der Waals surface area contributed by atoms with Gasteiger partial charge in [0.15, 0.2) is 17.4 Å². The summed E-state index contributed by atoms with van der Waals surface area (Å²) in [6, 6.07) is 2.19. The molecular formula is C11H9BrF2O. The second-order valence-corrected chi connectivity index (χ2v) is 4.10. The van der Waals surface area contributed by atoms with Crippen LogP contribution in [0.25, 0.3) is 0 Å². The Morgan fingerprint density at radius 1 is 1.33 bits per heavy atom. The van der Waals surface area contributed by atoms with Crippen LogP contribution in [0.2, 0.25) is 0 Å². The first-order chi connectivity index (χ1) is 6.93. The first-order valence-corrected chi connectivity index (χ1v) is 5.05. The van der Waals surface area contributed by atoms with Gasteiger partial charge in [-0.15, -0.1) is 0 Å². The predicted octanol–water partition coefficient (Wildman–Crippen LogP) is 3.88. The van der Waals surface area contributed by atoms with Crippen LogP contribution in [0.4, 0.5) is 8.78 Å². The van der Waals surface area contributed by atoms with Crippen molar-refractivity contribution in [3.8, 4) is 0 Å². The Morgan fingerprint density at radius 2 is 1.93 bits per heavy atom. The molecule has 0 saturated carbocycles. The van der Waals surface area contributed by atoms with Crippen molar-refractivity contribution in [2.24, 2.45) is 0 Å².